The van der Waals surface area contributed by atoms with E-state index >= 15 is 0 Å². The highest BCUT2D eigenvalue weighted by Crippen LogP contribution is 2.24. The molecule has 0 spiro atoms. The lowest BCUT2D eigenvalue weighted by atomic mass is 10.1. The summed E-state index contributed by atoms with van der Waals surface area (Å²) in [7, 11) is 2.16. The number of anilines is 3. The minimum atomic E-state index is -0.144. The summed E-state index contributed by atoms with van der Waals surface area (Å²) in [6.45, 7) is 7.23. The summed E-state index contributed by atoms with van der Waals surface area (Å²) < 4.78 is 0. The van der Waals surface area contributed by atoms with Gasteiger partial charge in [0, 0.05) is 49.7 Å². The summed E-state index contributed by atoms with van der Waals surface area (Å²) in [4.78, 5) is 22.2. The van der Waals surface area contributed by atoms with Crippen LogP contribution in [0.5, 0.6) is 0 Å². The second-order valence-corrected chi connectivity index (χ2v) is 9.01. The van der Waals surface area contributed by atoms with Crippen LogP contribution in [-0.2, 0) is 6.54 Å². The molecule has 8 heteroatoms. The lowest BCUT2D eigenvalue weighted by Gasteiger charge is -2.32. The standard InChI is InChI=1S/C27H29N7O/c1-19-7-12-22(17-25(19)30-27-29-23-5-3-4-6-24(23)31-32-27)28-26(35)21-10-8-20(9-11-21)18-34-15-13-33(2)14-16-34/h3-12,17H,13-16,18H2,1-2H3,(H,28,35)(H,29,30,32). The van der Waals surface area contributed by atoms with E-state index in [0.29, 0.717) is 17.2 Å². The second-order valence-electron chi connectivity index (χ2n) is 9.01. The quantitative estimate of drug-likeness (QED) is 0.442. The molecule has 8 nitrogen and oxygen atoms in total. The van der Waals surface area contributed by atoms with Crippen LogP contribution in [0.2, 0.25) is 0 Å². The highest BCUT2D eigenvalue weighted by atomic mass is 16.1. The molecule has 2 heterocycles. The number of hydrogen-bond donors (Lipinski definition) is 2. The molecule has 1 amide bonds. The number of benzene rings is 3. The number of nitrogens with zero attached hydrogens (tertiary/aromatic N) is 5. The van der Waals surface area contributed by atoms with Crippen LogP contribution >= 0.6 is 0 Å². The molecule has 1 aliphatic heterocycles. The first-order valence-electron chi connectivity index (χ1n) is 11.8. The molecule has 0 bridgehead atoms. The molecule has 0 saturated carbocycles. The number of likely N-dealkylation sites (N-methyl/N-ethyl adjacent to an activating group) is 1. The molecule has 1 saturated heterocycles. The van der Waals surface area contributed by atoms with Gasteiger partial charge in [0.05, 0.1) is 5.52 Å². The molecule has 4 aromatic rings. The molecule has 0 unspecified atom stereocenters. The van der Waals surface area contributed by atoms with E-state index in [1.807, 2.05) is 73.7 Å². The number of carbonyl (C=O) groups is 1. The van der Waals surface area contributed by atoms with Crippen molar-refractivity contribution in [2.45, 2.75) is 13.5 Å². The number of nitrogens with one attached hydrogen (secondary N) is 2. The molecule has 5 rings (SSSR count). The van der Waals surface area contributed by atoms with Gasteiger partial charge in [-0.3, -0.25) is 9.69 Å². The van der Waals surface area contributed by atoms with Gasteiger partial charge in [-0.15, -0.1) is 10.2 Å². The lowest BCUT2D eigenvalue weighted by molar-refractivity contribution is 0.102. The molecule has 0 radical (unpaired) electrons. The highest BCUT2D eigenvalue weighted by Gasteiger charge is 2.14. The van der Waals surface area contributed by atoms with Crippen molar-refractivity contribution in [1.29, 1.82) is 0 Å². The second kappa shape index (κ2) is 10.2. The molecule has 1 aliphatic rings. The minimum absolute atomic E-state index is 0.144. The van der Waals surface area contributed by atoms with Crippen LogP contribution < -0.4 is 10.6 Å². The largest absolute Gasteiger partial charge is 0.323 e. The maximum absolute atomic E-state index is 12.9. The zero-order valence-corrected chi connectivity index (χ0v) is 20.0. The number of hydrogen-bond acceptors (Lipinski definition) is 7. The van der Waals surface area contributed by atoms with E-state index in [-0.39, 0.29) is 5.91 Å². The van der Waals surface area contributed by atoms with Crippen LogP contribution in [0.1, 0.15) is 21.5 Å². The minimum Gasteiger partial charge on any atom is -0.323 e. The molecule has 35 heavy (non-hydrogen) atoms. The van der Waals surface area contributed by atoms with Gasteiger partial charge in [0.1, 0.15) is 5.52 Å². The van der Waals surface area contributed by atoms with E-state index in [1.54, 1.807) is 0 Å². The Morgan fingerprint density at radius 2 is 1.66 bits per heavy atom. The van der Waals surface area contributed by atoms with Crippen LogP contribution in [0.4, 0.5) is 17.3 Å². The fraction of sp³-hybridized carbons (Fsp3) is 0.259. The van der Waals surface area contributed by atoms with E-state index in [0.717, 1.165) is 55.0 Å². The summed E-state index contributed by atoms with van der Waals surface area (Å²) >= 11 is 0. The van der Waals surface area contributed by atoms with Crippen molar-refractivity contribution >= 4 is 34.3 Å². The zero-order valence-electron chi connectivity index (χ0n) is 20.0. The van der Waals surface area contributed by atoms with Gasteiger partial charge >= 0.3 is 0 Å². The Morgan fingerprint density at radius 3 is 2.43 bits per heavy atom. The van der Waals surface area contributed by atoms with Gasteiger partial charge in [-0.2, -0.15) is 0 Å². The maximum Gasteiger partial charge on any atom is 0.255 e. The Bertz CT molecular complexity index is 1330. The molecular weight excluding hydrogens is 438 g/mol. The predicted octanol–water partition coefficient (Wildman–Crippen LogP) is 4.08. The molecule has 2 N–H and O–H groups in total. The normalized spacial score (nSPS) is 14.7. The van der Waals surface area contributed by atoms with E-state index in [2.05, 4.69) is 42.7 Å². The van der Waals surface area contributed by atoms with Crippen molar-refractivity contribution in [1.82, 2.24) is 25.0 Å². The van der Waals surface area contributed by atoms with Gasteiger partial charge < -0.3 is 15.5 Å². The maximum atomic E-state index is 12.9. The van der Waals surface area contributed by atoms with Crippen molar-refractivity contribution in [3.05, 3.63) is 83.4 Å². The number of aromatic nitrogens is 3. The molecule has 1 aromatic heterocycles. The zero-order chi connectivity index (χ0) is 24.2. The fourth-order valence-electron chi connectivity index (χ4n) is 4.12. The number of rotatable bonds is 6. The van der Waals surface area contributed by atoms with E-state index in [1.165, 1.54) is 5.56 Å². The van der Waals surface area contributed by atoms with Crippen molar-refractivity contribution in [3.8, 4) is 0 Å². The van der Waals surface area contributed by atoms with Crippen LogP contribution in [-0.4, -0.2) is 64.1 Å². The summed E-state index contributed by atoms with van der Waals surface area (Å²) in [6, 6.07) is 21.2. The predicted molar refractivity (Wildman–Crippen MR) is 139 cm³/mol. The number of fused-ring (bicyclic) bond motifs is 1. The number of carbonyl (C=O) groups excluding carboxylic acids is 1. The number of aryl methyl sites for hydroxylation is 1. The monoisotopic (exact) mass is 467 g/mol. The Balaban J connectivity index is 1.24. The topological polar surface area (TPSA) is 86.3 Å². The molecule has 178 valence electrons. The SMILES string of the molecule is Cc1ccc(NC(=O)c2ccc(CN3CCN(C)CC3)cc2)cc1Nc1nnc2ccccc2n1. The Labute approximate surface area is 205 Å². The average Bonchev–Trinajstić information content (AvgIpc) is 2.88. The molecular formula is C27H29N7O. The smallest absolute Gasteiger partial charge is 0.255 e. The van der Waals surface area contributed by atoms with Crippen molar-refractivity contribution < 1.29 is 4.79 Å². The van der Waals surface area contributed by atoms with Gasteiger partial charge in [0.25, 0.3) is 5.91 Å². The third-order valence-corrected chi connectivity index (χ3v) is 6.32. The van der Waals surface area contributed by atoms with Gasteiger partial charge in [0.2, 0.25) is 5.95 Å². The van der Waals surface area contributed by atoms with Gasteiger partial charge in [-0.1, -0.05) is 30.3 Å². The lowest BCUT2D eigenvalue weighted by Crippen LogP contribution is -2.43. The summed E-state index contributed by atoms with van der Waals surface area (Å²) in [6.07, 6.45) is 0. The van der Waals surface area contributed by atoms with Crippen molar-refractivity contribution in [3.63, 3.8) is 0 Å². The third-order valence-electron chi connectivity index (χ3n) is 6.32. The van der Waals surface area contributed by atoms with E-state index < -0.39 is 0 Å². The Morgan fingerprint density at radius 1 is 0.914 bits per heavy atom. The number of amides is 1. The number of para-hydroxylation sites is 1. The first-order chi connectivity index (χ1) is 17.0. The summed E-state index contributed by atoms with van der Waals surface area (Å²) in [5.74, 6) is 0.265. The molecule has 3 aromatic carbocycles. The van der Waals surface area contributed by atoms with Crippen LogP contribution in [0.3, 0.4) is 0 Å². The van der Waals surface area contributed by atoms with Crippen LogP contribution in [0.25, 0.3) is 11.0 Å². The van der Waals surface area contributed by atoms with E-state index in [9.17, 15) is 4.79 Å². The number of piperazine rings is 1. The van der Waals surface area contributed by atoms with Gasteiger partial charge in [-0.05, 0) is 61.5 Å². The molecule has 0 atom stereocenters. The van der Waals surface area contributed by atoms with Crippen LogP contribution in [0.15, 0.2) is 66.7 Å². The average molecular weight is 468 g/mol. The van der Waals surface area contributed by atoms with Gasteiger partial charge in [0.15, 0.2) is 0 Å². The Hall–Kier alpha value is -3.88. The van der Waals surface area contributed by atoms with Crippen LogP contribution in [0, 0.1) is 6.92 Å². The molecule has 0 aliphatic carbocycles. The van der Waals surface area contributed by atoms with Crippen molar-refractivity contribution in [2.24, 2.45) is 0 Å². The third kappa shape index (κ3) is 5.62. The summed E-state index contributed by atoms with van der Waals surface area (Å²) in [5.41, 5.74) is 5.86. The summed E-state index contributed by atoms with van der Waals surface area (Å²) in [5, 5.41) is 14.6. The van der Waals surface area contributed by atoms with E-state index in [4.69, 9.17) is 0 Å². The fourth-order valence-corrected chi connectivity index (χ4v) is 4.12. The van der Waals surface area contributed by atoms with Gasteiger partial charge in [-0.25, -0.2) is 4.98 Å². The first-order valence-corrected chi connectivity index (χ1v) is 11.8. The Kier molecular flexibility index (Phi) is 6.65. The van der Waals surface area contributed by atoms with Crippen molar-refractivity contribution in [2.75, 3.05) is 43.9 Å². The molecule has 1 fully saturated rings. The first kappa shape index (κ1) is 22.9. The highest BCUT2D eigenvalue weighted by molar-refractivity contribution is 6.04.